The maximum absolute atomic E-state index is 5.94. The number of hydrogen-bond donors (Lipinski definition) is 2. The first kappa shape index (κ1) is 13.9. The summed E-state index contributed by atoms with van der Waals surface area (Å²) in [6, 6.07) is 7.37. The number of nitrogens with zero attached hydrogens (tertiary/aromatic N) is 4. The molecular weight excluding hydrogens is 264 g/mol. The molecular formula is C12H17ClN6. The van der Waals surface area contributed by atoms with E-state index in [0.717, 1.165) is 18.7 Å². The molecule has 1 unspecified atom stereocenters. The van der Waals surface area contributed by atoms with Crippen LogP contribution < -0.4 is 11.1 Å². The minimum absolute atomic E-state index is 0.0412. The smallest absolute Gasteiger partial charge is 0.191 e. The van der Waals surface area contributed by atoms with Crippen molar-refractivity contribution in [3.63, 3.8) is 0 Å². The van der Waals surface area contributed by atoms with Crippen LogP contribution in [-0.2, 0) is 0 Å². The molecule has 0 saturated heterocycles. The van der Waals surface area contributed by atoms with E-state index >= 15 is 0 Å². The SMILES string of the molecule is CC(NCCCN)c1nnn(-c2cccc(Cl)c2)n1. The summed E-state index contributed by atoms with van der Waals surface area (Å²) in [5, 5.41) is 16.4. The van der Waals surface area contributed by atoms with Gasteiger partial charge in [-0.15, -0.1) is 15.0 Å². The van der Waals surface area contributed by atoms with Crippen molar-refractivity contribution >= 4 is 11.6 Å². The fourth-order valence-corrected chi connectivity index (χ4v) is 1.80. The molecule has 0 aliphatic carbocycles. The van der Waals surface area contributed by atoms with E-state index in [1.54, 1.807) is 12.1 Å². The van der Waals surface area contributed by atoms with Gasteiger partial charge in [-0.3, -0.25) is 0 Å². The zero-order chi connectivity index (χ0) is 13.7. The van der Waals surface area contributed by atoms with E-state index in [2.05, 4.69) is 20.7 Å². The molecule has 6 nitrogen and oxygen atoms in total. The Morgan fingerprint density at radius 2 is 2.32 bits per heavy atom. The van der Waals surface area contributed by atoms with E-state index in [1.165, 1.54) is 4.80 Å². The molecule has 2 aromatic rings. The monoisotopic (exact) mass is 280 g/mol. The molecule has 1 heterocycles. The van der Waals surface area contributed by atoms with Crippen molar-refractivity contribution in [2.75, 3.05) is 13.1 Å². The fourth-order valence-electron chi connectivity index (χ4n) is 1.62. The second-order valence-electron chi connectivity index (χ2n) is 4.23. The van der Waals surface area contributed by atoms with Gasteiger partial charge >= 0.3 is 0 Å². The third-order valence-electron chi connectivity index (χ3n) is 2.69. The van der Waals surface area contributed by atoms with Gasteiger partial charge < -0.3 is 11.1 Å². The molecule has 0 fully saturated rings. The van der Waals surface area contributed by atoms with E-state index in [1.807, 2.05) is 19.1 Å². The molecule has 19 heavy (non-hydrogen) atoms. The van der Waals surface area contributed by atoms with E-state index < -0.39 is 0 Å². The average molecular weight is 281 g/mol. The Bertz CT molecular complexity index is 526. The highest BCUT2D eigenvalue weighted by Crippen LogP contribution is 2.13. The standard InChI is InChI=1S/C12H17ClN6/c1-9(15-7-3-6-14)12-16-18-19(17-12)11-5-2-4-10(13)8-11/h2,4-5,8-9,15H,3,6-7,14H2,1H3. The van der Waals surface area contributed by atoms with Gasteiger partial charge in [0.15, 0.2) is 5.82 Å². The van der Waals surface area contributed by atoms with E-state index in [9.17, 15) is 0 Å². The summed E-state index contributed by atoms with van der Waals surface area (Å²) in [4.78, 5) is 1.47. The van der Waals surface area contributed by atoms with Crippen molar-refractivity contribution in [2.45, 2.75) is 19.4 Å². The molecule has 0 aliphatic heterocycles. The summed E-state index contributed by atoms with van der Waals surface area (Å²) in [6.45, 7) is 3.50. The van der Waals surface area contributed by atoms with Crippen molar-refractivity contribution in [3.05, 3.63) is 35.1 Å². The van der Waals surface area contributed by atoms with Crippen LogP contribution >= 0.6 is 11.6 Å². The molecule has 3 N–H and O–H groups in total. The first-order chi connectivity index (χ1) is 9.20. The Morgan fingerprint density at radius 1 is 1.47 bits per heavy atom. The Morgan fingerprint density at radius 3 is 3.05 bits per heavy atom. The predicted octanol–water partition coefficient (Wildman–Crippen LogP) is 1.32. The summed E-state index contributed by atoms with van der Waals surface area (Å²) in [6.07, 6.45) is 0.923. The molecule has 7 heteroatoms. The zero-order valence-electron chi connectivity index (χ0n) is 10.8. The van der Waals surface area contributed by atoms with Crippen molar-refractivity contribution in [1.82, 2.24) is 25.5 Å². The number of aromatic nitrogens is 4. The van der Waals surface area contributed by atoms with Gasteiger partial charge in [0.2, 0.25) is 0 Å². The molecule has 2 rings (SSSR count). The first-order valence-corrected chi connectivity index (χ1v) is 6.58. The van der Waals surface area contributed by atoms with Gasteiger partial charge in [-0.05, 0) is 49.8 Å². The maximum atomic E-state index is 5.94. The second kappa shape index (κ2) is 6.60. The van der Waals surface area contributed by atoms with Crippen LogP contribution in [0.25, 0.3) is 5.69 Å². The van der Waals surface area contributed by atoms with Gasteiger partial charge in [-0.2, -0.15) is 0 Å². The van der Waals surface area contributed by atoms with Crippen LogP contribution in [0.15, 0.2) is 24.3 Å². The average Bonchev–Trinajstić information content (AvgIpc) is 2.88. The number of halogens is 1. The quantitative estimate of drug-likeness (QED) is 0.780. The molecule has 1 atom stereocenters. The topological polar surface area (TPSA) is 81.6 Å². The Kier molecular flexibility index (Phi) is 4.84. The van der Waals surface area contributed by atoms with Crippen LogP contribution in [0.4, 0.5) is 0 Å². The third kappa shape index (κ3) is 3.73. The van der Waals surface area contributed by atoms with Crippen LogP contribution in [0.1, 0.15) is 25.2 Å². The zero-order valence-corrected chi connectivity index (χ0v) is 11.5. The molecule has 1 aromatic heterocycles. The number of hydrogen-bond acceptors (Lipinski definition) is 5. The van der Waals surface area contributed by atoms with Crippen molar-refractivity contribution in [3.8, 4) is 5.69 Å². The molecule has 0 amide bonds. The molecule has 0 saturated carbocycles. The highest BCUT2D eigenvalue weighted by atomic mass is 35.5. The lowest BCUT2D eigenvalue weighted by Gasteiger charge is -2.08. The Labute approximate surface area is 116 Å². The fraction of sp³-hybridized carbons (Fsp3) is 0.417. The third-order valence-corrected chi connectivity index (χ3v) is 2.92. The lowest BCUT2D eigenvalue weighted by atomic mass is 10.3. The Hall–Kier alpha value is -1.50. The normalized spacial score (nSPS) is 12.6. The summed E-state index contributed by atoms with van der Waals surface area (Å²) < 4.78 is 0. The van der Waals surface area contributed by atoms with E-state index in [4.69, 9.17) is 17.3 Å². The van der Waals surface area contributed by atoms with Gasteiger partial charge in [0, 0.05) is 5.02 Å². The molecule has 0 aliphatic rings. The van der Waals surface area contributed by atoms with Crippen LogP contribution in [0.3, 0.4) is 0 Å². The lowest BCUT2D eigenvalue weighted by Crippen LogP contribution is -2.22. The number of tetrazole rings is 1. The lowest BCUT2D eigenvalue weighted by molar-refractivity contribution is 0.536. The number of nitrogens with two attached hydrogens (primary N) is 1. The first-order valence-electron chi connectivity index (χ1n) is 6.20. The van der Waals surface area contributed by atoms with E-state index in [-0.39, 0.29) is 6.04 Å². The Balaban J connectivity index is 2.06. The number of rotatable bonds is 6. The summed E-state index contributed by atoms with van der Waals surface area (Å²) in [5.41, 5.74) is 6.24. The minimum atomic E-state index is 0.0412. The van der Waals surface area contributed by atoms with Gasteiger partial charge in [-0.1, -0.05) is 17.7 Å². The molecule has 102 valence electrons. The highest BCUT2D eigenvalue weighted by Gasteiger charge is 2.12. The molecule has 0 radical (unpaired) electrons. The molecule has 0 bridgehead atoms. The number of benzene rings is 1. The van der Waals surface area contributed by atoms with Crippen LogP contribution in [0, 0.1) is 0 Å². The molecule has 0 spiro atoms. The predicted molar refractivity (Wildman–Crippen MR) is 74.3 cm³/mol. The summed E-state index contributed by atoms with van der Waals surface area (Å²) in [7, 11) is 0. The largest absolute Gasteiger partial charge is 0.330 e. The van der Waals surface area contributed by atoms with Gasteiger partial charge in [0.25, 0.3) is 0 Å². The van der Waals surface area contributed by atoms with Crippen LogP contribution in [0.5, 0.6) is 0 Å². The van der Waals surface area contributed by atoms with Gasteiger partial charge in [0.05, 0.1) is 11.7 Å². The van der Waals surface area contributed by atoms with Crippen LogP contribution in [0.2, 0.25) is 5.02 Å². The van der Waals surface area contributed by atoms with Crippen molar-refractivity contribution < 1.29 is 0 Å². The number of nitrogens with one attached hydrogen (secondary N) is 1. The summed E-state index contributed by atoms with van der Waals surface area (Å²) in [5.74, 6) is 0.650. The van der Waals surface area contributed by atoms with Gasteiger partial charge in [-0.25, -0.2) is 0 Å². The minimum Gasteiger partial charge on any atom is -0.330 e. The maximum Gasteiger partial charge on any atom is 0.191 e. The van der Waals surface area contributed by atoms with Gasteiger partial charge in [0.1, 0.15) is 0 Å². The van der Waals surface area contributed by atoms with Crippen molar-refractivity contribution in [2.24, 2.45) is 5.73 Å². The van der Waals surface area contributed by atoms with E-state index in [0.29, 0.717) is 17.4 Å². The van der Waals surface area contributed by atoms with Crippen molar-refractivity contribution in [1.29, 1.82) is 0 Å². The highest BCUT2D eigenvalue weighted by molar-refractivity contribution is 6.30. The summed E-state index contributed by atoms with van der Waals surface area (Å²) >= 11 is 5.94. The van der Waals surface area contributed by atoms with Crippen LogP contribution in [-0.4, -0.2) is 33.3 Å². The molecule has 1 aromatic carbocycles. The second-order valence-corrected chi connectivity index (χ2v) is 4.67.